The molecule has 0 saturated heterocycles. The van der Waals surface area contributed by atoms with Crippen LogP contribution in [0.15, 0.2) is 35.7 Å². The monoisotopic (exact) mass is 294 g/mol. The predicted molar refractivity (Wildman–Crippen MR) is 85.0 cm³/mol. The normalized spacial score (nSPS) is 14.3. The number of para-hydroxylation sites is 1. The zero-order valence-corrected chi connectivity index (χ0v) is 12.7. The molecule has 2 heterocycles. The average molecular weight is 294 g/mol. The Kier molecular flexibility index (Phi) is 3.60. The first kappa shape index (κ1) is 14.2. The molecule has 22 heavy (non-hydrogen) atoms. The van der Waals surface area contributed by atoms with Crippen molar-refractivity contribution in [1.82, 2.24) is 15.2 Å². The van der Waals surface area contributed by atoms with E-state index in [1.807, 2.05) is 43.0 Å². The Morgan fingerprint density at radius 1 is 1.27 bits per heavy atom. The summed E-state index contributed by atoms with van der Waals surface area (Å²) in [5.74, 6) is 0.449. The van der Waals surface area contributed by atoms with Gasteiger partial charge in [0, 0.05) is 30.4 Å². The number of amides is 1. The fourth-order valence-electron chi connectivity index (χ4n) is 2.99. The van der Waals surface area contributed by atoms with Crippen molar-refractivity contribution in [3.05, 3.63) is 46.9 Å². The molecule has 1 aromatic carbocycles. The van der Waals surface area contributed by atoms with E-state index in [1.54, 1.807) is 0 Å². The van der Waals surface area contributed by atoms with E-state index in [4.69, 9.17) is 0 Å². The Balaban J connectivity index is 2.18. The molecule has 0 radical (unpaired) electrons. The van der Waals surface area contributed by atoms with Gasteiger partial charge in [-0.2, -0.15) is 5.26 Å². The van der Waals surface area contributed by atoms with E-state index in [-0.39, 0.29) is 5.91 Å². The van der Waals surface area contributed by atoms with Gasteiger partial charge in [-0.3, -0.25) is 4.79 Å². The molecule has 0 spiro atoms. The minimum Gasteiger partial charge on any atom is -0.358 e. The number of H-pyrrole nitrogens is 1. The quantitative estimate of drug-likeness (QED) is 0.913. The largest absolute Gasteiger partial charge is 0.358 e. The van der Waals surface area contributed by atoms with E-state index < -0.39 is 0 Å². The van der Waals surface area contributed by atoms with Crippen LogP contribution in [0.25, 0.3) is 10.9 Å². The molecule has 1 amide bonds. The number of nitriles is 1. The van der Waals surface area contributed by atoms with E-state index >= 15 is 0 Å². The van der Waals surface area contributed by atoms with Crippen LogP contribution in [0.5, 0.6) is 0 Å². The van der Waals surface area contributed by atoms with Crippen molar-refractivity contribution in [1.29, 1.82) is 5.26 Å². The molecule has 0 saturated carbocycles. The van der Waals surface area contributed by atoms with Gasteiger partial charge in [0.05, 0.1) is 11.6 Å². The highest BCUT2D eigenvalue weighted by Gasteiger charge is 2.26. The summed E-state index contributed by atoms with van der Waals surface area (Å²) >= 11 is 0. The van der Waals surface area contributed by atoms with Crippen LogP contribution >= 0.6 is 0 Å². The van der Waals surface area contributed by atoms with Gasteiger partial charge < -0.3 is 15.2 Å². The van der Waals surface area contributed by atoms with E-state index in [0.29, 0.717) is 23.5 Å². The molecule has 0 bridgehead atoms. The third-order valence-electron chi connectivity index (χ3n) is 4.13. The lowest BCUT2D eigenvalue weighted by Gasteiger charge is -2.24. The summed E-state index contributed by atoms with van der Waals surface area (Å²) in [6.45, 7) is 5.51. The number of allylic oxidation sites excluding steroid dienone is 1. The van der Waals surface area contributed by atoms with Gasteiger partial charge in [0.2, 0.25) is 0 Å². The van der Waals surface area contributed by atoms with E-state index in [1.165, 1.54) is 0 Å². The zero-order valence-electron chi connectivity index (χ0n) is 12.7. The summed E-state index contributed by atoms with van der Waals surface area (Å²) in [5.41, 5.74) is 2.97. The smallest absolute Gasteiger partial charge is 0.273 e. The molecule has 3 rings (SSSR count). The molecule has 112 valence electrons. The lowest BCUT2D eigenvalue weighted by molar-refractivity contribution is 0.0948. The van der Waals surface area contributed by atoms with Gasteiger partial charge in [-0.15, -0.1) is 0 Å². The Morgan fingerprint density at radius 3 is 2.68 bits per heavy atom. The number of aromatic nitrogens is 1. The molecule has 0 unspecified atom stereocenters. The minimum absolute atomic E-state index is 0.182. The number of carbonyl (C=O) groups excluding carboxylic acids is 1. The van der Waals surface area contributed by atoms with Crippen LogP contribution in [0.4, 0.5) is 0 Å². The molecule has 0 aliphatic carbocycles. The van der Waals surface area contributed by atoms with Crippen LogP contribution in [0.2, 0.25) is 0 Å². The minimum atomic E-state index is -0.182. The van der Waals surface area contributed by atoms with Crippen molar-refractivity contribution in [2.24, 2.45) is 0 Å². The topological polar surface area (TPSA) is 71.9 Å². The number of hydrogen-bond donors (Lipinski definition) is 2. The fourth-order valence-corrected chi connectivity index (χ4v) is 2.99. The lowest BCUT2D eigenvalue weighted by Crippen LogP contribution is -2.35. The summed E-state index contributed by atoms with van der Waals surface area (Å²) < 4.78 is 0. The molecular weight excluding hydrogens is 276 g/mol. The van der Waals surface area contributed by atoms with Crippen LogP contribution in [0.1, 0.15) is 29.9 Å². The number of aromatic amines is 1. The Bertz CT molecular complexity index is 806. The molecule has 1 aliphatic rings. The number of fused-ring (bicyclic) bond motifs is 3. The number of benzene rings is 1. The van der Waals surface area contributed by atoms with Gasteiger partial charge >= 0.3 is 0 Å². The molecule has 1 aromatic heterocycles. The third kappa shape index (κ3) is 2.13. The van der Waals surface area contributed by atoms with Crippen molar-refractivity contribution in [2.75, 3.05) is 13.1 Å². The van der Waals surface area contributed by atoms with Gasteiger partial charge in [-0.05, 0) is 25.5 Å². The van der Waals surface area contributed by atoms with Gasteiger partial charge in [0.1, 0.15) is 11.5 Å². The maximum absolute atomic E-state index is 12.6. The average Bonchev–Trinajstić information content (AvgIpc) is 2.85. The predicted octanol–water partition coefficient (Wildman–Crippen LogP) is 2.53. The summed E-state index contributed by atoms with van der Waals surface area (Å²) in [6.07, 6.45) is 0.459. The second-order valence-corrected chi connectivity index (χ2v) is 5.27. The zero-order chi connectivity index (χ0) is 15.7. The van der Waals surface area contributed by atoms with Crippen molar-refractivity contribution in [3.63, 3.8) is 0 Å². The van der Waals surface area contributed by atoms with Crippen molar-refractivity contribution in [3.8, 4) is 6.07 Å². The van der Waals surface area contributed by atoms with Crippen LogP contribution < -0.4 is 5.32 Å². The molecule has 2 aromatic rings. The molecule has 0 fully saturated rings. The van der Waals surface area contributed by atoms with E-state index in [0.717, 1.165) is 29.6 Å². The Morgan fingerprint density at radius 2 is 2.00 bits per heavy atom. The van der Waals surface area contributed by atoms with Gasteiger partial charge in [-0.25, -0.2) is 0 Å². The lowest BCUT2D eigenvalue weighted by atomic mass is 10.0. The molecule has 5 heteroatoms. The Hall–Kier alpha value is -2.74. The highest BCUT2D eigenvalue weighted by Crippen LogP contribution is 2.28. The highest BCUT2D eigenvalue weighted by molar-refractivity contribution is 6.02. The second-order valence-electron chi connectivity index (χ2n) is 5.27. The number of nitrogens with one attached hydrogen (secondary N) is 2. The van der Waals surface area contributed by atoms with Crippen molar-refractivity contribution in [2.45, 2.75) is 20.3 Å². The molecular formula is C17H18N4O. The fraction of sp³-hybridized carbons (Fsp3) is 0.294. The van der Waals surface area contributed by atoms with Crippen LogP contribution in [-0.2, 0) is 6.42 Å². The molecule has 0 atom stereocenters. The number of hydrogen-bond acceptors (Lipinski definition) is 3. The second kappa shape index (κ2) is 5.57. The number of rotatable bonds is 3. The Labute approximate surface area is 129 Å². The highest BCUT2D eigenvalue weighted by atomic mass is 16.2. The SMILES string of the molecule is CCN(CC)C1=C(C#N)Cc2c([nH]c3ccccc23)C(=O)N1. The third-order valence-corrected chi connectivity index (χ3v) is 4.13. The first-order valence-electron chi connectivity index (χ1n) is 7.48. The molecule has 1 aliphatic heterocycles. The van der Waals surface area contributed by atoms with Crippen LogP contribution in [0.3, 0.4) is 0 Å². The van der Waals surface area contributed by atoms with E-state index in [2.05, 4.69) is 16.4 Å². The number of carbonyl (C=O) groups is 1. The summed E-state index contributed by atoms with van der Waals surface area (Å²) in [5, 5.41) is 13.5. The van der Waals surface area contributed by atoms with Crippen LogP contribution in [-0.4, -0.2) is 28.9 Å². The maximum atomic E-state index is 12.6. The first-order chi connectivity index (χ1) is 10.7. The van der Waals surface area contributed by atoms with Gasteiger partial charge in [0.15, 0.2) is 0 Å². The maximum Gasteiger partial charge on any atom is 0.273 e. The first-order valence-corrected chi connectivity index (χ1v) is 7.48. The standard InChI is InChI=1S/C17H18N4O/c1-3-21(4-2)16-11(10-18)9-13-12-7-5-6-8-14(12)19-15(13)17(22)20-16/h5-8,19H,3-4,9H2,1-2H3,(H,20,22). The summed E-state index contributed by atoms with van der Waals surface area (Å²) in [7, 11) is 0. The summed E-state index contributed by atoms with van der Waals surface area (Å²) in [6, 6.07) is 10.1. The molecule has 5 nitrogen and oxygen atoms in total. The molecule has 2 N–H and O–H groups in total. The van der Waals surface area contributed by atoms with Crippen molar-refractivity contribution < 1.29 is 4.79 Å². The number of nitrogens with zero attached hydrogens (tertiary/aromatic N) is 2. The van der Waals surface area contributed by atoms with Crippen LogP contribution in [0, 0.1) is 11.3 Å². The van der Waals surface area contributed by atoms with Crippen molar-refractivity contribution >= 4 is 16.8 Å². The summed E-state index contributed by atoms with van der Waals surface area (Å²) in [4.78, 5) is 17.8. The van der Waals surface area contributed by atoms with Gasteiger partial charge in [0.25, 0.3) is 5.91 Å². The van der Waals surface area contributed by atoms with E-state index in [9.17, 15) is 10.1 Å². The van der Waals surface area contributed by atoms with Gasteiger partial charge in [-0.1, -0.05) is 18.2 Å².